The van der Waals surface area contributed by atoms with Crippen LogP contribution in [-0.2, 0) is 19.6 Å². The standard InChI is InChI=1S/C12H17N3O5S/c1-7-3-4-9(15-8(2)16)5-11(7)21(19,20)14-6-10(17)12(13)18/h3-5,10,14,17H,6H2,1-2H3,(H2,13,18)(H,15,16). The Labute approximate surface area is 122 Å². The number of aliphatic hydroxyl groups excluding tert-OH is 1. The van der Waals surface area contributed by atoms with Crippen molar-refractivity contribution in [2.24, 2.45) is 5.73 Å². The van der Waals surface area contributed by atoms with E-state index in [9.17, 15) is 23.1 Å². The number of nitrogens with two attached hydrogens (primary N) is 1. The summed E-state index contributed by atoms with van der Waals surface area (Å²) in [6.45, 7) is 2.35. The molecule has 0 saturated carbocycles. The number of benzene rings is 1. The first-order valence-corrected chi connectivity index (χ1v) is 7.47. The SMILES string of the molecule is CC(=O)Nc1ccc(C)c(S(=O)(=O)NCC(O)C(N)=O)c1. The molecular formula is C12H17N3O5S. The van der Waals surface area contributed by atoms with E-state index < -0.39 is 28.6 Å². The fourth-order valence-corrected chi connectivity index (χ4v) is 2.84. The van der Waals surface area contributed by atoms with Crippen LogP contribution in [0, 0.1) is 6.92 Å². The molecule has 0 aromatic heterocycles. The topological polar surface area (TPSA) is 139 Å². The normalized spacial score (nSPS) is 12.7. The average molecular weight is 315 g/mol. The molecule has 0 aliphatic heterocycles. The number of nitrogens with one attached hydrogen (secondary N) is 2. The van der Waals surface area contributed by atoms with E-state index in [0.717, 1.165) is 0 Å². The highest BCUT2D eigenvalue weighted by atomic mass is 32.2. The molecule has 8 nitrogen and oxygen atoms in total. The lowest BCUT2D eigenvalue weighted by molar-refractivity contribution is -0.125. The molecule has 1 unspecified atom stereocenters. The van der Waals surface area contributed by atoms with Gasteiger partial charge in [-0.1, -0.05) is 6.07 Å². The highest BCUT2D eigenvalue weighted by Crippen LogP contribution is 2.20. The van der Waals surface area contributed by atoms with Crippen molar-refractivity contribution >= 4 is 27.5 Å². The van der Waals surface area contributed by atoms with Crippen LogP contribution in [0.4, 0.5) is 5.69 Å². The number of sulfonamides is 1. The summed E-state index contributed by atoms with van der Waals surface area (Å²) in [5.74, 6) is -1.36. The van der Waals surface area contributed by atoms with Crippen LogP contribution in [0.15, 0.2) is 23.1 Å². The fourth-order valence-electron chi connectivity index (χ4n) is 1.54. The minimum absolute atomic E-state index is 0.0644. The summed E-state index contributed by atoms with van der Waals surface area (Å²) in [4.78, 5) is 21.6. The Kier molecular flexibility index (Phi) is 5.41. The molecule has 1 aromatic carbocycles. The van der Waals surface area contributed by atoms with Crippen molar-refractivity contribution in [1.82, 2.24) is 4.72 Å². The molecular weight excluding hydrogens is 298 g/mol. The van der Waals surface area contributed by atoms with Crippen molar-refractivity contribution in [2.75, 3.05) is 11.9 Å². The van der Waals surface area contributed by atoms with Crippen molar-refractivity contribution in [3.05, 3.63) is 23.8 Å². The molecule has 0 aliphatic carbocycles. The van der Waals surface area contributed by atoms with Crippen molar-refractivity contribution in [2.45, 2.75) is 24.8 Å². The van der Waals surface area contributed by atoms with Gasteiger partial charge in [0.2, 0.25) is 21.8 Å². The molecule has 0 radical (unpaired) electrons. The maximum atomic E-state index is 12.1. The Morgan fingerprint density at radius 2 is 2.00 bits per heavy atom. The number of aryl methyl sites for hydroxylation is 1. The number of anilines is 1. The second-order valence-electron chi connectivity index (χ2n) is 4.43. The van der Waals surface area contributed by atoms with Crippen LogP contribution in [0.5, 0.6) is 0 Å². The molecule has 1 atom stereocenters. The van der Waals surface area contributed by atoms with Crippen LogP contribution in [0.2, 0.25) is 0 Å². The third-order valence-corrected chi connectivity index (χ3v) is 4.16. The summed E-state index contributed by atoms with van der Waals surface area (Å²) < 4.78 is 26.3. The first kappa shape index (κ1) is 17.1. The number of aliphatic hydroxyl groups is 1. The molecule has 0 heterocycles. The van der Waals surface area contributed by atoms with Gasteiger partial charge >= 0.3 is 0 Å². The monoisotopic (exact) mass is 315 g/mol. The second kappa shape index (κ2) is 6.66. The predicted octanol–water partition coefficient (Wildman–Crippen LogP) is -0.922. The molecule has 5 N–H and O–H groups in total. The van der Waals surface area contributed by atoms with Gasteiger partial charge in [0.25, 0.3) is 0 Å². The Morgan fingerprint density at radius 3 is 2.52 bits per heavy atom. The van der Waals surface area contributed by atoms with E-state index in [1.54, 1.807) is 13.0 Å². The highest BCUT2D eigenvalue weighted by Gasteiger charge is 2.20. The van der Waals surface area contributed by atoms with Crippen molar-refractivity contribution in [3.8, 4) is 0 Å². The lowest BCUT2D eigenvalue weighted by Gasteiger charge is -2.12. The number of primary amides is 1. The molecule has 0 aliphatic rings. The summed E-state index contributed by atoms with van der Waals surface area (Å²) >= 11 is 0. The van der Waals surface area contributed by atoms with Crippen molar-refractivity contribution < 1.29 is 23.1 Å². The Morgan fingerprint density at radius 1 is 1.38 bits per heavy atom. The van der Waals surface area contributed by atoms with Crippen molar-refractivity contribution in [3.63, 3.8) is 0 Å². The zero-order chi connectivity index (χ0) is 16.2. The summed E-state index contributed by atoms with van der Waals surface area (Å²) in [6, 6.07) is 4.38. The van der Waals surface area contributed by atoms with Gasteiger partial charge in [-0.15, -0.1) is 0 Å². The van der Waals surface area contributed by atoms with Gasteiger partial charge in [-0.3, -0.25) is 9.59 Å². The number of amides is 2. The van der Waals surface area contributed by atoms with E-state index >= 15 is 0 Å². The van der Waals surface area contributed by atoms with Gasteiger partial charge in [0.05, 0.1) is 4.90 Å². The van der Waals surface area contributed by atoms with E-state index in [4.69, 9.17) is 5.73 Å². The summed E-state index contributed by atoms with van der Waals surface area (Å²) in [6.07, 6.45) is -1.61. The molecule has 0 spiro atoms. The van der Waals surface area contributed by atoms with Crippen LogP contribution in [0.25, 0.3) is 0 Å². The lowest BCUT2D eigenvalue weighted by Crippen LogP contribution is -2.40. The van der Waals surface area contributed by atoms with E-state index in [1.807, 2.05) is 0 Å². The molecule has 0 bridgehead atoms. The first-order chi connectivity index (χ1) is 9.63. The number of hydrogen-bond acceptors (Lipinski definition) is 5. The summed E-state index contributed by atoms with van der Waals surface area (Å²) in [7, 11) is -3.95. The number of hydrogen-bond donors (Lipinski definition) is 4. The van der Waals surface area contributed by atoms with Crippen molar-refractivity contribution in [1.29, 1.82) is 0 Å². The van der Waals surface area contributed by atoms with Gasteiger partial charge < -0.3 is 16.2 Å². The largest absolute Gasteiger partial charge is 0.382 e. The molecule has 1 aromatic rings. The average Bonchev–Trinajstić information content (AvgIpc) is 2.37. The molecule has 21 heavy (non-hydrogen) atoms. The first-order valence-electron chi connectivity index (χ1n) is 5.99. The van der Waals surface area contributed by atoms with Gasteiger partial charge in [-0.25, -0.2) is 13.1 Å². The minimum atomic E-state index is -3.95. The maximum absolute atomic E-state index is 12.1. The predicted molar refractivity (Wildman–Crippen MR) is 75.9 cm³/mol. The van der Waals surface area contributed by atoms with Crippen LogP contribution in [0.3, 0.4) is 0 Å². The quantitative estimate of drug-likeness (QED) is 0.537. The minimum Gasteiger partial charge on any atom is -0.382 e. The third kappa shape index (κ3) is 4.81. The Bertz CT molecular complexity index is 657. The van der Waals surface area contributed by atoms with E-state index in [2.05, 4.69) is 10.0 Å². The Balaban J connectivity index is 3.01. The number of carbonyl (C=O) groups is 2. The molecule has 2 amide bonds. The maximum Gasteiger partial charge on any atom is 0.247 e. The summed E-state index contributed by atoms with van der Waals surface area (Å²) in [5, 5.41) is 11.7. The summed E-state index contributed by atoms with van der Waals surface area (Å²) in [5.41, 5.74) is 5.61. The van der Waals surface area contributed by atoms with Gasteiger partial charge in [0.1, 0.15) is 6.10 Å². The molecule has 1 rings (SSSR count). The van der Waals surface area contributed by atoms with Crippen LogP contribution >= 0.6 is 0 Å². The highest BCUT2D eigenvalue weighted by molar-refractivity contribution is 7.89. The van der Waals surface area contributed by atoms with Gasteiger partial charge in [-0.2, -0.15) is 0 Å². The molecule has 0 saturated heterocycles. The zero-order valence-electron chi connectivity index (χ0n) is 11.6. The molecule has 0 fully saturated rings. The zero-order valence-corrected chi connectivity index (χ0v) is 12.4. The third-order valence-electron chi connectivity index (χ3n) is 2.59. The Hall–Kier alpha value is -1.97. The van der Waals surface area contributed by atoms with Gasteiger partial charge in [-0.05, 0) is 24.6 Å². The van der Waals surface area contributed by atoms with Crippen LogP contribution < -0.4 is 15.8 Å². The van der Waals surface area contributed by atoms with Gasteiger partial charge in [0, 0.05) is 19.2 Å². The molecule has 116 valence electrons. The lowest BCUT2D eigenvalue weighted by atomic mass is 10.2. The van der Waals surface area contributed by atoms with E-state index in [1.165, 1.54) is 19.1 Å². The van der Waals surface area contributed by atoms with Crippen LogP contribution in [0.1, 0.15) is 12.5 Å². The van der Waals surface area contributed by atoms with E-state index in [0.29, 0.717) is 11.3 Å². The van der Waals surface area contributed by atoms with Gasteiger partial charge in [0.15, 0.2) is 0 Å². The van der Waals surface area contributed by atoms with E-state index in [-0.39, 0.29) is 10.8 Å². The number of carbonyl (C=O) groups excluding carboxylic acids is 2. The molecule has 9 heteroatoms. The second-order valence-corrected chi connectivity index (χ2v) is 6.17. The fraction of sp³-hybridized carbons (Fsp3) is 0.333. The smallest absolute Gasteiger partial charge is 0.247 e. The number of rotatable bonds is 6. The van der Waals surface area contributed by atoms with Crippen LogP contribution in [-0.4, -0.2) is 38.0 Å².